The van der Waals surface area contributed by atoms with Gasteiger partial charge in [0.1, 0.15) is 17.8 Å². The summed E-state index contributed by atoms with van der Waals surface area (Å²) >= 11 is 0. The quantitative estimate of drug-likeness (QED) is 0.869. The molecule has 0 radical (unpaired) electrons. The minimum absolute atomic E-state index is 0.532. The Morgan fingerprint density at radius 2 is 2.11 bits per heavy atom. The molecule has 3 heterocycles. The van der Waals surface area contributed by atoms with Gasteiger partial charge in [-0.15, -0.1) is 0 Å². The topological polar surface area (TPSA) is 56.8 Å². The van der Waals surface area contributed by atoms with Crippen LogP contribution in [0.2, 0.25) is 0 Å². The first-order chi connectivity index (χ1) is 9.27. The molecular weight excluding hydrogens is 238 g/mol. The van der Waals surface area contributed by atoms with Crippen molar-refractivity contribution in [3.63, 3.8) is 0 Å². The average molecular weight is 257 g/mol. The molecule has 2 aliphatic rings. The third-order valence-corrected chi connectivity index (χ3v) is 4.99. The smallest absolute Gasteiger partial charge is 0.142 e. The van der Waals surface area contributed by atoms with Crippen molar-refractivity contribution in [2.24, 2.45) is 17.8 Å². The Bertz CT molecular complexity index is 597. The van der Waals surface area contributed by atoms with Crippen LogP contribution in [0.3, 0.4) is 0 Å². The molecular formula is C14H19N5. The normalized spacial score (nSPS) is 30.3. The largest absolute Gasteiger partial charge is 0.356 e. The van der Waals surface area contributed by atoms with Gasteiger partial charge in [0.05, 0.1) is 5.39 Å². The van der Waals surface area contributed by atoms with Gasteiger partial charge in [-0.05, 0) is 43.8 Å². The van der Waals surface area contributed by atoms with Gasteiger partial charge in [0, 0.05) is 19.3 Å². The first-order valence-corrected chi connectivity index (χ1v) is 6.99. The molecule has 2 aromatic rings. The Balaban J connectivity index is 1.63. The summed E-state index contributed by atoms with van der Waals surface area (Å²) in [6, 6.07) is 2.59. The van der Waals surface area contributed by atoms with Crippen LogP contribution < -0.4 is 10.2 Å². The van der Waals surface area contributed by atoms with E-state index >= 15 is 0 Å². The number of nitrogens with one attached hydrogen (secondary N) is 2. The molecule has 1 aliphatic carbocycles. The van der Waals surface area contributed by atoms with Crippen molar-refractivity contribution in [3.8, 4) is 0 Å². The van der Waals surface area contributed by atoms with E-state index in [2.05, 4.69) is 45.2 Å². The van der Waals surface area contributed by atoms with Gasteiger partial charge in [0.2, 0.25) is 0 Å². The van der Waals surface area contributed by atoms with Crippen molar-refractivity contribution in [1.29, 1.82) is 0 Å². The summed E-state index contributed by atoms with van der Waals surface area (Å²) in [5, 5.41) is 4.57. The van der Waals surface area contributed by atoms with Gasteiger partial charge in [0.25, 0.3) is 0 Å². The molecule has 5 heteroatoms. The summed E-state index contributed by atoms with van der Waals surface area (Å²) in [6.07, 6.45) is 3.57. The van der Waals surface area contributed by atoms with Crippen LogP contribution in [0.25, 0.3) is 11.0 Å². The number of anilines is 1. The molecule has 4 rings (SSSR count). The lowest BCUT2D eigenvalue weighted by Gasteiger charge is -2.27. The third kappa shape index (κ3) is 1.57. The first-order valence-electron chi connectivity index (χ1n) is 6.99. The number of fused-ring (bicyclic) bond motifs is 2. The molecule has 19 heavy (non-hydrogen) atoms. The highest BCUT2D eigenvalue weighted by molar-refractivity contribution is 5.87. The van der Waals surface area contributed by atoms with Crippen LogP contribution in [0, 0.1) is 17.8 Å². The Hall–Kier alpha value is -1.62. The number of hydrogen-bond donors (Lipinski definition) is 2. The molecule has 1 saturated heterocycles. The highest BCUT2D eigenvalue weighted by atomic mass is 15.2. The minimum atomic E-state index is 0.532. The zero-order valence-corrected chi connectivity index (χ0v) is 11.3. The van der Waals surface area contributed by atoms with Crippen LogP contribution in [-0.4, -0.2) is 41.1 Å². The van der Waals surface area contributed by atoms with Gasteiger partial charge >= 0.3 is 0 Å². The summed E-state index contributed by atoms with van der Waals surface area (Å²) in [7, 11) is 2.15. The highest BCUT2D eigenvalue weighted by Crippen LogP contribution is 2.52. The molecule has 1 aliphatic heterocycles. The fourth-order valence-corrected chi connectivity index (χ4v) is 3.77. The molecule has 5 nitrogen and oxygen atoms in total. The molecule has 3 unspecified atom stereocenters. The van der Waals surface area contributed by atoms with Gasteiger partial charge in [-0.2, -0.15) is 0 Å². The Labute approximate surface area is 112 Å². The predicted octanol–water partition coefficient (Wildman–Crippen LogP) is 1.25. The molecule has 2 N–H and O–H groups in total. The standard InChI is InChI=1S/C14H19N5/c1-8(12-10-5-15-6-11(10)12)19(2)14-9-3-4-16-13(9)17-7-18-14/h3-4,7-8,10-12,15H,5-6H2,1-2H3,(H,16,17,18)/t8?,10-,11?,12?/m0/s1. The average Bonchev–Trinajstić information content (AvgIpc) is 2.87. The monoisotopic (exact) mass is 257 g/mol. The van der Waals surface area contributed by atoms with Crippen molar-refractivity contribution in [1.82, 2.24) is 20.3 Å². The minimum Gasteiger partial charge on any atom is -0.356 e. The van der Waals surface area contributed by atoms with E-state index in [9.17, 15) is 0 Å². The predicted molar refractivity (Wildman–Crippen MR) is 75.1 cm³/mol. The zero-order chi connectivity index (χ0) is 13.0. The Kier molecular flexibility index (Phi) is 2.33. The van der Waals surface area contributed by atoms with Crippen LogP contribution >= 0.6 is 0 Å². The maximum Gasteiger partial charge on any atom is 0.142 e. The van der Waals surface area contributed by atoms with Crippen molar-refractivity contribution >= 4 is 16.9 Å². The van der Waals surface area contributed by atoms with Crippen LogP contribution in [0.5, 0.6) is 0 Å². The lowest BCUT2D eigenvalue weighted by molar-refractivity contribution is 0.501. The summed E-state index contributed by atoms with van der Waals surface area (Å²) < 4.78 is 0. The van der Waals surface area contributed by atoms with Gasteiger partial charge < -0.3 is 15.2 Å². The number of hydrogen-bond acceptors (Lipinski definition) is 4. The maximum atomic E-state index is 4.48. The lowest BCUT2D eigenvalue weighted by atomic mass is 10.1. The molecule has 2 fully saturated rings. The van der Waals surface area contributed by atoms with E-state index < -0.39 is 0 Å². The molecule has 0 amide bonds. The molecule has 0 bridgehead atoms. The second-order valence-corrected chi connectivity index (χ2v) is 5.85. The fourth-order valence-electron chi connectivity index (χ4n) is 3.77. The molecule has 100 valence electrons. The number of aromatic amines is 1. The first kappa shape index (κ1) is 11.2. The van der Waals surface area contributed by atoms with Crippen LogP contribution in [0.15, 0.2) is 18.6 Å². The Morgan fingerprint density at radius 3 is 2.89 bits per heavy atom. The second-order valence-electron chi connectivity index (χ2n) is 5.85. The van der Waals surface area contributed by atoms with Crippen molar-refractivity contribution in [2.45, 2.75) is 13.0 Å². The second kappa shape index (κ2) is 3.93. The maximum absolute atomic E-state index is 4.48. The summed E-state index contributed by atoms with van der Waals surface area (Å²) in [5.41, 5.74) is 0.918. The van der Waals surface area contributed by atoms with Gasteiger partial charge in [-0.25, -0.2) is 9.97 Å². The third-order valence-electron chi connectivity index (χ3n) is 4.99. The molecule has 0 spiro atoms. The number of nitrogens with zero attached hydrogens (tertiary/aromatic N) is 3. The number of aromatic nitrogens is 3. The summed E-state index contributed by atoms with van der Waals surface area (Å²) in [5.74, 6) is 3.61. The summed E-state index contributed by atoms with van der Waals surface area (Å²) in [4.78, 5) is 14.2. The van der Waals surface area contributed by atoms with Crippen molar-refractivity contribution in [2.75, 3.05) is 25.0 Å². The van der Waals surface area contributed by atoms with Crippen LogP contribution in [0.1, 0.15) is 6.92 Å². The SMILES string of the molecule is CC(C1C2CNC[C@@H]21)N(C)c1ncnc2[nH]ccc12. The van der Waals surface area contributed by atoms with E-state index in [-0.39, 0.29) is 0 Å². The fraction of sp³-hybridized carbons (Fsp3) is 0.571. The Morgan fingerprint density at radius 1 is 1.32 bits per heavy atom. The van der Waals surface area contributed by atoms with Crippen LogP contribution in [0.4, 0.5) is 5.82 Å². The van der Waals surface area contributed by atoms with Gasteiger partial charge in [-0.1, -0.05) is 0 Å². The lowest BCUT2D eigenvalue weighted by Crippen LogP contribution is -2.34. The summed E-state index contributed by atoms with van der Waals surface area (Å²) in [6.45, 7) is 4.71. The molecule has 1 saturated carbocycles. The van der Waals surface area contributed by atoms with Crippen molar-refractivity contribution in [3.05, 3.63) is 18.6 Å². The highest BCUT2D eigenvalue weighted by Gasteiger charge is 2.55. The van der Waals surface area contributed by atoms with E-state index in [1.807, 2.05) is 6.20 Å². The van der Waals surface area contributed by atoms with E-state index in [4.69, 9.17) is 0 Å². The van der Waals surface area contributed by atoms with E-state index in [1.165, 1.54) is 13.1 Å². The number of rotatable bonds is 3. The molecule has 2 aromatic heterocycles. The van der Waals surface area contributed by atoms with Gasteiger partial charge in [-0.3, -0.25) is 0 Å². The van der Waals surface area contributed by atoms with E-state index in [1.54, 1.807) is 6.33 Å². The van der Waals surface area contributed by atoms with E-state index in [0.717, 1.165) is 34.6 Å². The van der Waals surface area contributed by atoms with E-state index in [0.29, 0.717) is 6.04 Å². The van der Waals surface area contributed by atoms with Gasteiger partial charge in [0.15, 0.2) is 0 Å². The van der Waals surface area contributed by atoms with Crippen LogP contribution in [-0.2, 0) is 0 Å². The number of H-pyrrole nitrogens is 1. The zero-order valence-electron chi connectivity index (χ0n) is 11.3. The molecule has 4 atom stereocenters. The number of piperidine rings is 1. The van der Waals surface area contributed by atoms with Crippen molar-refractivity contribution < 1.29 is 0 Å². The molecule has 0 aromatic carbocycles.